The average molecular weight is 577 g/mol. The predicted octanol–water partition coefficient (Wildman–Crippen LogP) is 11.7. The molecule has 0 aliphatic carbocycles. The van der Waals surface area contributed by atoms with E-state index in [9.17, 15) is 0 Å². The van der Waals surface area contributed by atoms with E-state index in [-0.39, 0.29) is 0 Å². The van der Waals surface area contributed by atoms with Crippen molar-refractivity contribution in [2.24, 2.45) is 0 Å². The zero-order valence-corrected chi connectivity index (χ0v) is 25.4. The van der Waals surface area contributed by atoms with Crippen LogP contribution in [0.15, 0.2) is 152 Å². The molecule has 0 saturated carbocycles. The summed E-state index contributed by atoms with van der Waals surface area (Å²) in [7, 11) is 0. The number of benzene rings is 6. The summed E-state index contributed by atoms with van der Waals surface area (Å²) in [5.74, 6) is 0.471. The fourth-order valence-corrected chi connectivity index (χ4v) is 6.61. The Morgan fingerprint density at radius 1 is 0.422 bits per heavy atom. The molecule has 0 fully saturated rings. The van der Waals surface area contributed by atoms with Crippen LogP contribution in [0.1, 0.15) is 25.3 Å². The molecule has 0 aliphatic rings. The van der Waals surface area contributed by atoms with Crippen molar-refractivity contribution in [1.82, 2.24) is 9.97 Å². The van der Waals surface area contributed by atoms with E-state index in [1.54, 1.807) is 0 Å². The lowest BCUT2D eigenvalue weighted by Gasteiger charge is -2.19. The molecular formula is C43H32N2. The Kier molecular flexibility index (Phi) is 6.69. The number of pyridine rings is 2. The van der Waals surface area contributed by atoms with Crippen LogP contribution in [0, 0.1) is 0 Å². The second-order valence-corrected chi connectivity index (χ2v) is 12.0. The molecule has 0 spiro atoms. The summed E-state index contributed by atoms with van der Waals surface area (Å²) in [6.45, 7) is 4.52. The van der Waals surface area contributed by atoms with Crippen molar-refractivity contribution in [3.05, 3.63) is 157 Å². The Hall–Kier alpha value is -5.60. The first-order valence-electron chi connectivity index (χ1n) is 15.6. The molecule has 2 aromatic heterocycles. The number of hydrogen-bond acceptors (Lipinski definition) is 2. The van der Waals surface area contributed by atoms with Crippen LogP contribution >= 0.6 is 0 Å². The minimum absolute atomic E-state index is 0.471. The third kappa shape index (κ3) is 4.85. The van der Waals surface area contributed by atoms with Crippen molar-refractivity contribution in [2.45, 2.75) is 19.8 Å². The van der Waals surface area contributed by atoms with E-state index in [0.29, 0.717) is 5.92 Å². The molecule has 2 nitrogen and oxygen atoms in total. The Morgan fingerprint density at radius 2 is 1.00 bits per heavy atom. The van der Waals surface area contributed by atoms with E-state index < -0.39 is 0 Å². The maximum atomic E-state index is 4.81. The SMILES string of the molecule is CC(C)c1cccc(-c2c3ccccc3c(-c3ccc4ccc(-c5ccc(-c6ccccn6)cn5)cc4c3)c3ccccc23)c1. The smallest absolute Gasteiger partial charge is 0.0717 e. The number of rotatable bonds is 5. The van der Waals surface area contributed by atoms with Crippen molar-refractivity contribution in [1.29, 1.82) is 0 Å². The molecular weight excluding hydrogens is 544 g/mol. The molecule has 0 amide bonds. The minimum atomic E-state index is 0.471. The maximum absolute atomic E-state index is 4.81. The molecule has 0 radical (unpaired) electrons. The van der Waals surface area contributed by atoms with Crippen molar-refractivity contribution < 1.29 is 0 Å². The first kappa shape index (κ1) is 27.0. The molecule has 2 heterocycles. The summed E-state index contributed by atoms with van der Waals surface area (Å²) in [5.41, 5.74) is 10.4. The van der Waals surface area contributed by atoms with Crippen LogP contribution in [0.4, 0.5) is 0 Å². The molecule has 6 aromatic carbocycles. The van der Waals surface area contributed by atoms with Gasteiger partial charge in [-0.3, -0.25) is 9.97 Å². The van der Waals surface area contributed by atoms with Crippen LogP contribution in [-0.4, -0.2) is 9.97 Å². The van der Waals surface area contributed by atoms with Gasteiger partial charge in [-0.2, -0.15) is 0 Å². The number of nitrogens with zero attached hydrogens (tertiary/aromatic N) is 2. The summed E-state index contributed by atoms with van der Waals surface area (Å²) >= 11 is 0. The minimum Gasteiger partial charge on any atom is -0.256 e. The monoisotopic (exact) mass is 576 g/mol. The third-order valence-electron chi connectivity index (χ3n) is 8.92. The van der Waals surface area contributed by atoms with Crippen molar-refractivity contribution in [2.75, 3.05) is 0 Å². The van der Waals surface area contributed by atoms with Crippen LogP contribution in [-0.2, 0) is 0 Å². The topological polar surface area (TPSA) is 25.8 Å². The molecule has 8 rings (SSSR count). The molecule has 0 bridgehead atoms. The first-order valence-corrected chi connectivity index (χ1v) is 15.6. The van der Waals surface area contributed by atoms with Gasteiger partial charge in [0.05, 0.1) is 11.4 Å². The lowest BCUT2D eigenvalue weighted by atomic mass is 9.85. The fourth-order valence-electron chi connectivity index (χ4n) is 6.61. The van der Waals surface area contributed by atoms with E-state index in [0.717, 1.165) is 22.5 Å². The fraction of sp³-hybridized carbons (Fsp3) is 0.0698. The van der Waals surface area contributed by atoms with Gasteiger partial charge in [0.2, 0.25) is 0 Å². The van der Waals surface area contributed by atoms with Crippen LogP contribution in [0.25, 0.3) is 77.1 Å². The third-order valence-corrected chi connectivity index (χ3v) is 8.92. The lowest BCUT2D eigenvalue weighted by molar-refractivity contribution is 0.867. The molecule has 0 atom stereocenters. The highest BCUT2D eigenvalue weighted by molar-refractivity contribution is 6.21. The molecule has 0 saturated heterocycles. The summed E-state index contributed by atoms with van der Waals surface area (Å²) in [5, 5.41) is 7.49. The van der Waals surface area contributed by atoms with Crippen LogP contribution < -0.4 is 0 Å². The molecule has 2 heteroatoms. The van der Waals surface area contributed by atoms with E-state index in [1.807, 2.05) is 30.6 Å². The molecule has 214 valence electrons. The Labute approximate surface area is 263 Å². The van der Waals surface area contributed by atoms with Crippen LogP contribution in [0.5, 0.6) is 0 Å². The number of fused-ring (bicyclic) bond motifs is 3. The van der Waals surface area contributed by atoms with Gasteiger partial charge in [0.25, 0.3) is 0 Å². The predicted molar refractivity (Wildman–Crippen MR) is 190 cm³/mol. The van der Waals surface area contributed by atoms with Gasteiger partial charge in [-0.15, -0.1) is 0 Å². The molecule has 0 N–H and O–H groups in total. The molecule has 0 unspecified atom stereocenters. The second-order valence-electron chi connectivity index (χ2n) is 12.0. The van der Waals surface area contributed by atoms with Gasteiger partial charge in [-0.1, -0.05) is 117 Å². The van der Waals surface area contributed by atoms with Gasteiger partial charge >= 0.3 is 0 Å². The molecule has 45 heavy (non-hydrogen) atoms. The summed E-state index contributed by atoms with van der Waals surface area (Å²) in [4.78, 5) is 9.28. The molecule has 0 aliphatic heterocycles. The van der Waals surface area contributed by atoms with Gasteiger partial charge in [-0.05, 0) is 102 Å². The second kappa shape index (κ2) is 11.2. The lowest BCUT2D eigenvalue weighted by Crippen LogP contribution is -1.93. The van der Waals surface area contributed by atoms with E-state index in [2.05, 4.69) is 140 Å². The van der Waals surface area contributed by atoms with Crippen molar-refractivity contribution in [3.8, 4) is 44.8 Å². The van der Waals surface area contributed by atoms with Gasteiger partial charge in [0.15, 0.2) is 0 Å². The zero-order valence-electron chi connectivity index (χ0n) is 25.4. The highest BCUT2D eigenvalue weighted by Gasteiger charge is 2.17. The molecule has 8 aromatic rings. The summed E-state index contributed by atoms with van der Waals surface area (Å²) in [6, 6.07) is 50.4. The highest BCUT2D eigenvalue weighted by Crippen LogP contribution is 2.44. The summed E-state index contributed by atoms with van der Waals surface area (Å²) in [6.07, 6.45) is 3.73. The normalized spacial score (nSPS) is 11.5. The number of aromatic nitrogens is 2. The van der Waals surface area contributed by atoms with Gasteiger partial charge < -0.3 is 0 Å². The Bertz CT molecular complexity index is 2280. The zero-order chi connectivity index (χ0) is 30.3. The summed E-state index contributed by atoms with van der Waals surface area (Å²) < 4.78 is 0. The van der Waals surface area contributed by atoms with Gasteiger partial charge in [0.1, 0.15) is 0 Å². The Balaban J connectivity index is 1.29. The quantitative estimate of drug-likeness (QED) is 0.190. The van der Waals surface area contributed by atoms with E-state index >= 15 is 0 Å². The van der Waals surface area contributed by atoms with Crippen LogP contribution in [0.2, 0.25) is 0 Å². The average Bonchev–Trinajstić information content (AvgIpc) is 3.10. The van der Waals surface area contributed by atoms with E-state index in [1.165, 1.54) is 60.1 Å². The van der Waals surface area contributed by atoms with Crippen molar-refractivity contribution >= 4 is 32.3 Å². The first-order chi connectivity index (χ1) is 22.1. The van der Waals surface area contributed by atoms with E-state index in [4.69, 9.17) is 4.98 Å². The highest BCUT2D eigenvalue weighted by atomic mass is 14.7. The van der Waals surface area contributed by atoms with Crippen molar-refractivity contribution in [3.63, 3.8) is 0 Å². The largest absolute Gasteiger partial charge is 0.256 e. The number of hydrogen-bond donors (Lipinski definition) is 0. The van der Waals surface area contributed by atoms with Crippen LogP contribution in [0.3, 0.4) is 0 Å². The standard InChI is InChI=1S/C43H32N2/c1-28(2)30-10-9-11-32(24-30)42-36-12-3-5-14-38(36)43(39-15-6-4-13-37(39)42)33-20-18-29-17-19-31(25-35(29)26-33)41-22-21-34(27-45-41)40-16-7-8-23-44-40/h3-28H,1-2H3. The Morgan fingerprint density at radius 3 is 1.60 bits per heavy atom. The maximum Gasteiger partial charge on any atom is 0.0717 e. The van der Waals surface area contributed by atoms with Gasteiger partial charge in [-0.25, -0.2) is 0 Å². The van der Waals surface area contributed by atoms with Gasteiger partial charge in [0, 0.05) is 23.5 Å².